The van der Waals surface area contributed by atoms with Crippen molar-refractivity contribution >= 4 is 29.9 Å². The summed E-state index contributed by atoms with van der Waals surface area (Å²) in [5, 5.41) is 6.57. The van der Waals surface area contributed by atoms with Gasteiger partial charge in [-0.2, -0.15) is 0 Å². The van der Waals surface area contributed by atoms with Crippen molar-refractivity contribution in [3.05, 3.63) is 23.9 Å². The highest BCUT2D eigenvalue weighted by molar-refractivity contribution is 14.0. The van der Waals surface area contributed by atoms with Gasteiger partial charge in [0.2, 0.25) is 5.88 Å². The van der Waals surface area contributed by atoms with Gasteiger partial charge in [0, 0.05) is 25.4 Å². The molecule has 1 heterocycles. The molecular weight excluding hydrogens is 415 g/mol. The van der Waals surface area contributed by atoms with E-state index in [1.807, 2.05) is 18.3 Å². The first-order chi connectivity index (χ1) is 11.3. The molecule has 0 radical (unpaired) electrons. The third kappa shape index (κ3) is 7.68. The van der Waals surface area contributed by atoms with E-state index < -0.39 is 0 Å². The Morgan fingerprint density at radius 3 is 2.75 bits per heavy atom. The van der Waals surface area contributed by atoms with Crippen LogP contribution in [-0.4, -0.2) is 30.1 Å². The van der Waals surface area contributed by atoms with Crippen LogP contribution in [0.2, 0.25) is 0 Å². The van der Waals surface area contributed by atoms with Crippen LogP contribution in [0.5, 0.6) is 5.88 Å². The van der Waals surface area contributed by atoms with E-state index in [-0.39, 0.29) is 24.0 Å². The molecule has 0 amide bonds. The molecule has 2 N–H and O–H groups in total. The molecule has 1 aromatic rings. The Balaban J connectivity index is 0.00000288. The van der Waals surface area contributed by atoms with Crippen LogP contribution in [0.4, 0.5) is 0 Å². The molecule has 0 aliphatic heterocycles. The number of pyridine rings is 1. The summed E-state index contributed by atoms with van der Waals surface area (Å²) in [4.78, 5) is 8.96. The van der Waals surface area contributed by atoms with E-state index in [0.717, 1.165) is 49.8 Å². The summed E-state index contributed by atoms with van der Waals surface area (Å²) in [5.41, 5.74) is 1.12. The van der Waals surface area contributed by atoms with Crippen molar-refractivity contribution in [1.29, 1.82) is 0 Å². The maximum atomic E-state index is 6.02. The highest BCUT2D eigenvalue weighted by Gasteiger charge is 2.15. The molecule has 0 spiro atoms. The van der Waals surface area contributed by atoms with Crippen molar-refractivity contribution in [1.82, 2.24) is 15.6 Å². The molecule has 0 saturated heterocycles. The van der Waals surface area contributed by atoms with Crippen molar-refractivity contribution in [2.45, 2.75) is 65.0 Å². The predicted molar refractivity (Wildman–Crippen MR) is 110 cm³/mol. The van der Waals surface area contributed by atoms with Crippen molar-refractivity contribution in [2.24, 2.45) is 4.99 Å². The van der Waals surface area contributed by atoms with Gasteiger partial charge in [0.25, 0.3) is 0 Å². The fourth-order valence-electron chi connectivity index (χ4n) is 2.72. The largest absolute Gasteiger partial charge is 0.474 e. The number of aliphatic imine (C=N–C) groups is 1. The lowest BCUT2D eigenvalue weighted by molar-refractivity contribution is 0.148. The van der Waals surface area contributed by atoms with Gasteiger partial charge in [-0.25, -0.2) is 9.98 Å². The second-order valence-electron chi connectivity index (χ2n) is 6.00. The normalized spacial score (nSPS) is 15.5. The number of halogens is 1. The van der Waals surface area contributed by atoms with Crippen LogP contribution in [0.1, 0.15) is 57.9 Å². The number of hydrogen-bond acceptors (Lipinski definition) is 3. The van der Waals surface area contributed by atoms with Crippen molar-refractivity contribution in [3.63, 3.8) is 0 Å². The minimum Gasteiger partial charge on any atom is -0.474 e. The lowest BCUT2D eigenvalue weighted by Gasteiger charge is -2.22. The van der Waals surface area contributed by atoms with Crippen LogP contribution in [0, 0.1) is 0 Å². The summed E-state index contributed by atoms with van der Waals surface area (Å²) in [6.07, 6.45) is 9.39. The van der Waals surface area contributed by atoms with Crippen molar-refractivity contribution in [3.8, 4) is 5.88 Å². The molecule has 0 aromatic carbocycles. The van der Waals surface area contributed by atoms with Gasteiger partial charge in [-0.15, -0.1) is 24.0 Å². The molecule has 1 aromatic heterocycles. The van der Waals surface area contributed by atoms with Gasteiger partial charge in [-0.1, -0.05) is 13.3 Å². The number of nitrogens with zero attached hydrogens (tertiary/aromatic N) is 2. The van der Waals surface area contributed by atoms with Crippen LogP contribution in [-0.2, 0) is 6.54 Å². The van der Waals surface area contributed by atoms with Gasteiger partial charge in [0.05, 0.1) is 6.54 Å². The van der Waals surface area contributed by atoms with Crippen LogP contribution in [0.15, 0.2) is 23.3 Å². The SMILES string of the molecule is CCCNC(=NCc1ccnc(OC2CCCCC2)c1)NCC.I. The smallest absolute Gasteiger partial charge is 0.213 e. The molecule has 24 heavy (non-hydrogen) atoms. The summed E-state index contributed by atoms with van der Waals surface area (Å²) in [6.45, 7) is 6.64. The Morgan fingerprint density at radius 1 is 1.25 bits per heavy atom. The van der Waals surface area contributed by atoms with Crippen LogP contribution < -0.4 is 15.4 Å². The van der Waals surface area contributed by atoms with E-state index in [2.05, 4.69) is 34.5 Å². The lowest BCUT2D eigenvalue weighted by atomic mass is 9.98. The second-order valence-corrected chi connectivity index (χ2v) is 6.00. The molecule has 1 aliphatic rings. The Morgan fingerprint density at radius 2 is 2.04 bits per heavy atom. The number of hydrogen-bond donors (Lipinski definition) is 2. The van der Waals surface area contributed by atoms with E-state index in [0.29, 0.717) is 12.6 Å². The third-order valence-electron chi connectivity index (χ3n) is 3.95. The van der Waals surface area contributed by atoms with Crippen molar-refractivity contribution in [2.75, 3.05) is 13.1 Å². The quantitative estimate of drug-likeness (QED) is 0.379. The Kier molecular flexibility index (Phi) is 10.8. The molecule has 2 rings (SSSR count). The standard InChI is InChI=1S/C18H30N4O.HI/c1-3-11-21-18(19-4-2)22-14-15-10-12-20-17(13-15)23-16-8-6-5-7-9-16;/h10,12-13,16H,3-9,11,14H2,1-2H3,(H2,19,21,22);1H. The van der Waals surface area contributed by atoms with Gasteiger partial charge in [0.1, 0.15) is 6.10 Å². The van der Waals surface area contributed by atoms with E-state index in [9.17, 15) is 0 Å². The topological polar surface area (TPSA) is 58.5 Å². The summed E-state index contributed by atoms with van der Waals surface area (Å²) in [5.74, 6) is 1.59. The van der Waals surface area contributed by atoms with Crippen molar-refractivity contribution < 1.29 is 4.74 Å². The Bertz CT molecular complexity index is 490. The van der Waals surface area contributed by atoms with Crippen LogP contribution in [0.25, 0.3) is 0 Å². The average Bonchev–Trinajstić information content (AvgIpc) is 2.59. The maximum Gasteiger partial charge on any atom is 0.213 e. The molecule has 136 valence electrons. The molecule has 6 heteroatoms. The zero-order valence-corrected chi connectivity index (χ0v) is 17.2. The molecule has 1 saturated carbocycles. The number of guanidine groups is 1. The van der Waals surface area contributed by atoms with Gasteiger partial charge in [-0.05, 0) is 50.7 Å². The molecule has 1 aliphatic carbocycles. The zero-order valence-electron chi connectivity index (χ0n) is 14.9. The predicted octanol–water partition coefficient (Wildman–Crippen LogP) is 3.88. The highest BCUT2D eigenvalue weighted by atomic mass is 127. The summed E-state index contributed by atoms with van der Waals surface area (Å²) < 4.78 is 6.02. The third-order valence-corrected chi connectivity index (χ3v) is 3.95. The average molecular weight is 446 g/mol. The Labute approximate surface area is 163 Å². The minimum absolute atomic E-state index is 0. The van der Waals surface area contributed by atoms with Gasteiger partial charge in [-0.3, -0.25) is 0 Å². The van der Waals surface area contributed by atoms with E-state index in [1.54, 1.807) is 0 Å². The minimum atomic E-state index is 0. The lowest BCUT2D eigenvalue weighted by Crippen LogP contribution is -2.37. The fraction of sp³-hybridized carbons (Fsp3) is 0.667. The van der Waals surface area contributed by atoms with E-state index in [4.69, 9.17) is 4.74 Å². The highest BCUT2D eigenvalue weighted by Crippen LogP contribution is 2.22. The van der Waals surface area contributed by atoms with Crippen LogP contribution in [0.3, 0.4) is 0 Å². The van der Waals surface area contributed by atoms with Crippen LogP contribution >= 0.6 is 24.0 Å². The fourth-order valence-corrected chi connectivity index (χ4v) is 2.72. The first-order valence-corrected chi connectivity index (χ1v) is 8.95. The molecule has 5 nitrogen and oxygen atoms in total. The number of nitrogens with one attached hydrogen (secondary N) is 2. The first kappa shape index (κ1) is 21.0. The molecule has 0 bridgehead atoms. The summed E-state index contributed by atoms with van der Waals surface area (Å²) in [6, 6.07) is 4.02. The zero-order chi connectivity index (χ0) is 16.3. The monoisotopic (exact) mass is 446 g/mol. The first-order valence-electron chi connectivity index (χ1n) is 8.95. The number of ether oxygens (including phenoxy) is 1. The molecule has 0 unspecified atom stereocenters. The van der Waals surface area contributed by atoms with Gasteiger partial charge >= 0.3 is 0 Å². The van der Waals surface area contributed by atoms with E-state index >= 15 is 0 Å². The Hall–Kier alpha value is -1.05. The summed E-state index contributed by atoms with van der Waals surface area (Å²) >= 11 is 0. The molecular formula is C18H31IN4O. The van der Waals surface area contributed by atoms with Gasteiger partial charge < -0.3 is 15.4 Å². The molecule has 0 atom stereocenters. The maximum absolute atomic E-state index is 6.02. The van der Waals surface area contributed by atoms with Gasteiger partial charge in [0.15, 0.2) is 5.96 Å². The summed E-state index contributed by atoms with van der Waals surface area (Å²) in [7, 11) is 0. The molecule has 1 fully saturated rings. The second kappa shape index (κ2) is 12.3. The number of aromatic nitrogens is 1. The van der Waals surface area contributed by atoms with E-state index in [1.165, 1.54) is 19.3 Å². The number of rotatable bonds is 7.